The van der Waals surface area contributed by atoms with Crippen LogP contribution in [0, 0.1) is 0 Å². The summed E-state index contributed by atoms with van der Waals surface area (Å²) in [6, 6.07) is 8.17. The second-order valence-electron chi connectivity index (χ2n) is 4.04. The van der Waals surface area contributed by atoms with Gasteiger partial charge in [0.25, 0.3) is 0 Å². The van der Waals surface area contributed by atoms with Crippen LogP contribution >= 0.6 is 24.0 Å². The largest absolute Gasteiger partial charge is 0.497 e. The highest BCUT2D eigenvalue weighted by Gasteiger charge is 2.02. The summed E-state index contributed by atoms with van der Waals surface area (Å²) in [6.45, 7) is 2.85. The average molecular weight is 361 g/mol. The number of methoxy groups -OCH3 is 1. The van der Waals surface area contributed by atoms with E-state index < -0.39 is 0 Å². The maximum absolute atomic E-state index is 5.12. The van der Waals surface area contributed by atoms with Gasteiger partial charge in [0.1, 0.15) is 5.75 Å². The third-order valence-corrected chi connectivity index (χ3v) is 2.76. The van der Waals surface area contributed by atoms with Gasteiger partial charge in [0, 0.05) is 19.6 Å². The highest BCUT2D eigenvalue weighted by Crippen LogP contribution is 2.11. The van der Waals surface area contributed by atoms with Gasteiger partial charge in [-0.15, -0.1) is 24.0 Å². The van der Waals surface area contributed by atoms with Crippen molar-refractivity contribution in [1.82, 2.24) is 10.6 Å². The van der Waals surface area contributed by atoms with Crippen LogP contribution in [0.5, 0.6) is 5.75 Å². The van der Waals surface area contributed by atoms with Gasteiger partial charge in [-0.2, -0.15) is 0 Å². The SMILES string of the molecule is COc1ccc(CCNC2=NCCCN2)cc1.I. The van der Waals surface area contributed by atoms with E-state index in [0.29, 0.717) is 0 Å². The Labute approximate surface area is 125 Å². The molecule has 0 bridgehead atoms. The molecule has 0 unspecified atom stereocenters. The molecule has 1 aromatic rings. The molecule has 1 aliphatic rings. The summed E-state index contributed by atoms with van der Waals surface area (Å²) >= 11 is 0. The molecule has 18 heavy (non-hydrogen) atoms. The molecule has 0 aromatic heterocycles. The van der Waals surface area contributed by atoms with Gasteiger partial charge >= 0.3 is 0 Å². The molecular weight excluding hydrogens is 341 g/mol. The van der Waals surface area contributed by atoms with Gasteiger partial charge in [-0.1, -0.05) is 12.1 Å². The predicted molar refractivity (Wildman–Crippen MR) is 85.0 cm³/mol. The summed E-state index contributed by atoms with van der Waals surface area (Å²) in [5.74, 6) is 1.84. The van der Waals surface area contributed by atoms with Crippen molar-refractivity contribution in [3.05, 3.63) is 29.8 Å². The summed E-state index contributed by atoms with van der Waals surface area (Å²) in [6.07, 6.45) is 2.12. The minimum absolute atomic E-state index is 0. The van der Waals surface area contributed by atoms with Crippen LogP contribution in [0.15, 0.2) is 29.3 Å². The van der Waals surface area contributed by atoms with E-state index in [4.69, 9.17) is 4.74 Å². The molecule has 0 fully saturated rings. The fourth-order valence-corrected chi connectivity index (χ4v) is 1.77. The molecule has 1 aromatic carbocycles. The first-order valence-electron chi connectivity index (χ1n) is 6.03. The Morgan fingerprint density at radius 2 is 2.11 bits per heavy atom. The zero-order valence-corrected chi connectivity index (χ0v) is 12.9. The van der Waals surface area contributed by atoms with Crippen LogP contribution in [0.2, 0.25) is 0 Å². The number of nitrogens with zero attached hydrogens (tertiary/aromatic N) is 1. The fourth-order valence-electron chi connectivity index (χ4n) is 1.77. The maximum Gasteiger partial charge on any atom is 0.191 e. The number of halogens is 1. The van der Waals surface area contributed by atoms with E-state index in [1.807, 2.05) is 12.1 Å². The molecule has 0 radical (unpaired) electrons. The van der Waals surface area contributed by atoms with Gasteiger partial charge in [0.05, 0.1) is 7.11 Å². The van der Waals surface area contributed by atoms with Crippen LogP contribution in [0.4, 0.5) is 0 Å². The van der Waals surface area contributed by atoms with Crippen LogP contribution in [0.1, 0.15) is 12.0 Å². The summed E-state index contributed by atoms with van der Waals surface area (Å²) in [5.41, 5.74) is 1.30. The number of guanidine groups is 1. The normalized spacial score (nSPS) is 13.9. The van der Waals surface area contributed by atoms with Gasteiger partial charge < -0.3 is 15.4 Å². The minimum Gasteiger partial charge on any atom is -0.497 e. The van der Waals surface area contributed by atoms with E-state index in [0.717, 1.165) is 44.2 Å². The van der Waals surface area contributed by atoms with Crippen molar-refractivity contribution in [2.45, 2.75) is 12.8 Å². The van der Waals surface area contributed by atoms with Gasteiger partial charge in [-0.3, -0.25) is 4.99 Å². The van der Waals surface area contributed by atoms with Crippen molar-refractivity contribution >= 4 is 29.9 Å². The van der Waals surface area contributed by atoms with Crippen molar-refractivity contribution in [2.75, 3.05) is 26.7 Å². The van der Waals surface area contributed by atoms with Gasteiger partial charge in [-0.25, -0.2) is 0 Å². The highest BCUT2D eigenvalue weighted by molar-refractivity contribution is 14.0. The summed E-state index contributed by atoms with van der Waals surface area (Å²) in [4.78, 5) is 4.36. The number of nitrogens with one attached hydrogen (secondary N) is 2. The van der Waals surface area contributed by atoms with Crippen molar-refractivity contribution in [3.63, 3.8) is 0 Å². The Bertz CT molecular complexity index is 378. The maximum atomic E-state index is 5.12. The molecule has 2 rings (SSSR count). The highest BCUT2D eigenvalue weighted by atomic mass is 127. The van der Waals surface area contributed by atoms with E-state index in [1.54, 1.807) is 7.11 Å². The van der Waals surface area contributed by atoms with E-state index in [-0.39, 0.29) is 24.0 Å². The first kappa shape index (κ1) is 15.1. The lowest BCUT2D eigenvalue weighted by molar-refractivity contribution is 0.414. The summed E-state index contributed by atoms with van der Waals surface area (Å²) in [5, 5.41) is 6.55. The van der Waals surface area contributed by atoms with E-state index >= 15 is 0 Å². The van der Waals surface area contributed by atoms with Crippen molar-refractivity contribution in [2.24, 2.45) is 4.99 Å². The predicted octanol–water partition coefficient (Wildman–Crippen LogP) is 1.79. The van der Waals surface area contributed by atoms with Crippen LogP contribution in [-0.2, 0) is 6.42 Å². The quantitative estimate of drug-likeness (QED) is 0.804. The van der Waals surface area contributed by atoms with Crippen LogP contribution < -0.4 is 15.4 Å². The molecule has 0 amide bonds. The Morgan fingerprint density at radius 1 is 1.33 bits per heavy atom. The molecule has 1 aliphatic heterocycles. The van der Waals surface area contributed by atoms with Gasteiger partial charge in [0.2, 0.25) is 0 Å². The lowest BCUT2D eigenvalue weighted by atomic mass is 10.1. The second-order valence-corrected chi connectivity index (χ2v) is 4.04. The summed E-state index contributed by atoms with van der Waals surface area (Å²) in [7, 11) is 1.68. The zero-order valence-electron chi connectivity index (χ0n) is 10.6. The Hall–Kier alpha value is -0.980. The van der Waals surface area contributed by atoms with E-state index in [1.165, 1.54) is 5.56 Å². The van der Waals surface area contributed by atoms with Crippen molar-refractivity contribution < 1.29 is 4.74 Å². The number of benzene rings is 1. The molecule has 0 saturated heterocycles. The molecule has 0 spiro atoms. The molecular formula is C13H20IN3O. The van der Waals surface area contributed by atoms with Gasteiger partial charge in [0.15, 0.2) is 5.96 Å². The van der Waals surface area contributed by atoms with Crippen LogP contribution in [-0.4, -0.2) is 32.7 Å². The number of aliphatic imine (C=N–C) groups is 1. The van der Waals surface area contributed by atoms with Crippen LogP contribution in [0.25, 0.3) is 0 Å². The molecule has 2 N–H and O–H groups in total. The minimum atomic E-state index is 0. The van der Waals surface area contributed by atoms with Crippen LogP contribution in [0.3, 0.4) is 0 Å². The molecule has 5 heteroatoms. The molecule has 0 saturated carbocycles. The number of rotatable bonds is 4. The molecule has 0 atom stereocenters. The summed E-state index contributed by atoms with van der Waals surface area (Å²) < 4.78 is 5.12. The smallest absolute Gasteiger partial charge is 0.191 e. The molecule has 1 heterocycles. The van der Waals surface area contributed by atoms with Crippen molar-refractivity contribution in [1.29, 1.82) is 0 Å². The van der Waals surface area contributed by atoms with E-state index in [9.17, 15) is 0 Å². The van der Waals surface area contributed by atoms with Crippen molar-refractivity contribution in [3.8, 4) is 5.75 Å². The monoisotopic (exact) mass is 361 g/mol. The standard InChI is InChI=1S/C13H19N3O.HI/c1-17-12-5-3-11(4-6-12)7-10-16-13-14-8-2-9-15-13;/h3-6H,2,7-10H2,1H3,(H2,14,15,16);1H. The second kappa shape index (κ2) is 8.18. The third kappa shape index (κ3) is 4.72. The molecule has 0 aliphatic carbocycles. The van der Waals surface area contributed by atoms with Gasteiger partial charge in [-0.05, 0) is 30.5 Å². The topological polar surface area (TPSA) is 45.6 Å². The van der Waals surface area contributed by atoms with E-state index in [2.05, 4.69) is 27.8 Å². The first-order valence-corrected chi connectivity index (χ1v) is 6.03. The number of ether oxygens (including phenoxy) is 1. The Morgan fingerprint density at radius 3 is 2.72 bits per heavy atom. The third-order valence-electron chi connectivity index (χ3n) is 2.76. The zero-order chi connectivity index (χ0) is 11.9. The lowest BCUT2D eigenvalue weighted by Crippen LogP contribution is -2.41. The first-order chi connectivity index (χ1) is 8.38. The molecule has 100 valence electrons. The number of hydrogen-bond acceptors (Lipinski definition) is 4. The average Bonchev–Trinajstić information content (AvgIpc) is 2.41. The fraction of sp³-hybridized carbons (Fsp3) is 0.462. The molecule has 4 nitrogen and oxygen atoms in total. The lowest BCUT2D eigenvalue weighted by Gasteiger charge is -2.15. The number of hydrogen-bond donors (Lipinski definition) is 2. The Kier molecular flexibility index (Phi) is 6.85. The Balaban J connectivity index is 0.00000162.